The van der Waals surface area contributed by atoms with Crippen LogP contribution < -0.4 is 5.32 Å². The number of alkyl carbamates (subject to hydrolysis) is 1. The summed E-state index contributed by atoms with van der Waals surface area (Å²) in [6.45, 7) is 0.135. The molecule has 0 aromatic rings. The minimum absolute atomic E-state index is 0.0600. The van der Waals surface area contributed by atoms with Gasteiger partial charge in [0, 0.05) is 5.92 Å². The van der Waals surface area contributed by atoms with Gasteiger partial charge in [0.2, 0.25) is 0 Å². The van der Waals surface area contributed by atoms with E-state index in [-0.39, 0.29) is 24.3 Å². The summed E-state index contributed by atoms with van der Waals surface area (Å²) in [6, 6.07) is 0. The average Bonchev–Trinajstić information content (AvgIpc) is 3.11. The van der Waals surface area contributed by atoms with Gasteiger partial charge in [-0.1, -0.05) is 6.42 Å². The zero-order valence-electron chi connectivity index (χ0n) is 9.54. The van der Waals surface area contributed by atoms with E-state index in [9.17, 15) is 9.59 Å². The lowest BCUT2D eigenvalue weighted by Gasteiger charge is -2.21. The van der Waals surface area contributed by atoms with E-state index in [1.807, 2.05) is 0 Å². The summed E-state index contributed by atoms with van der Waals surface area (Å²) in [7, 11) is 0. The van der Waals surface area contributed by atoms with Crippen LogP contribution in [0.4, 0.5) is 4.79 Å². The Hall–Kier alpha value is -1.06. The van der Waals surface area contributed by atoms with E-state index in [0.717, 1.165) is 38.5 Å². The van der Waals surface area contributed by atoms with Gasteiger partial charge in [-0.15, -0.1) is 0 Å². The number of carbonyl (C=O) groups is 2. The largest absolute Gasteiger partial charge is 0.446 e. The molecule has 0 spiro atoms. The molecule has 0 atom stereocenters. The Morgan fingerprint density at radius 2 is 1.75 bits per heavy atom. The molecule has 0 aromatic carbocycles. The first kappa shape index (κ1) is 11.4. The number of carbonyl (C=O) groups excluding carboxylic acids is 2. The van der Waals surface area contributed by atoms with Crippen molar-refractivity contribution in [3.05, 3.63) is 0 Å². The molecule has 0 heterocycles. The number of ether oxygens (including phenoxy) is 1. The third-order valence-electron chi connectivity index (χ3n) is 3.27. The summed E-state index contributed by atoms with van der Waals surface area (Å²) >= 11 is 0. The highest BCUT2D eigenvalue weighted by molar-refractivity contribution is 5.87. The smallest absolute Gasteiger partial charge is 0.407 e. The normalized spacial score (nSPS) is 21.5. The lowest BCUT2D eigenvalue weighted by Crippen LogP contribution is -2.34. The number of Topliss-reactive ketones (excluding diaryl/α,β-unsaturated/α-hetero) is 1. The van der Waals surface area contributed by atoms with Gasteiger partial charge in [-0.3, -0.25) is 4.79 Å². The molecule has 16 heavy (non-hydrogen) atoms. The molecule has 2 aliphatic carbocycles. The Morgan fingerprint density at radius 3 is 2.38 bits per heavy atom. The Kier molecular flexibility index (Phi) is 3.80. The van der Waals surface area contributed by atoms with E-state index in [4.69, 9.17) is 4.74 Å². The van der Waals surface area contributed by atoms with Gasteiger partial charge in [-0.05, 0) is 38.5 Å². The van der Waals surface area contributed by atoms with Gasteiger partial charge < -0.3 is 10.1 Å². The Bertz CT molecular complexity index is 267. The van der Waals surface area contributed by atoms with Crippen LogP contribution in [0.3, 0.4) is 0 Å². The van der Waals surface area contributed by atoms with Crippen molar-refractivity contribution in [2.24, 2.45) is 5.92 Å². The molecule has 1 N–H and O–H groups in total. The number of hydrogen-bond acceptors (Lipinski definition) is 3. The van der Waals surface area contributed by atoms with Crippen LogP contribution in [0, 0.1) is 5.92 Å². The highest BCUT2D eigenvalue weighted by Crippen LogP contribution is 2.29. The van der Waals surface area contributed by atoms with Gasteiger partial charge in [0.15, 0.2) is 5.78 Å². The molecule has 4 nitrogen and oxygen atoms in total. The Labute approximate surface area is 95.7 Å². The molecule has 2 fully saturated rings. The van der Waals surface area contributed by atoms with Crippen LogP contribution in [0.1, 0.15) is 44.9 Å². The SMILES string of the molecule is O=C(NCC(=O)C1CC1)OC1CCCCC1. The van der Waals surface area contributed by atoms with Crippen LogP contribution in [-0.2, 0) is 9.53 Å². The lowest BCUT2D eigenvalue weighted by molar-refractivity contribution is -0.119. The number of rotatable bonds is 4. The highest BCUT2D eigenvalue weighted by Gasteiger charge is 2.29. The summed E-state index contributed by atoms with van der Waals surface area (Å²) in [5.74, 6) is 0.343. The molecule has 1 amide bonds. The van der Waals surface area contributed by atoms with Crippen LogP contribution in [0.15, 0.2) is 0 Å². The predicted octanol–water partition coefficient (Wildman–Crippen LogP) is 2.02. The Balaban J connectivity index is 1.61. The van der Waals surface area contributed by atoms with Crippen LogP contribution >= 0.6 is 0 Å². The minimum atomic E-state index is -0.430. The fourth-order valence-corrected chi connectivity index (χ4v) is 2.08. The van der Waals surface area contributed by atoms with Crippen LogP contribution in [0.2, 0.25) is 0 Å². The molecule has 0 radical (unpaired) electrons. The van der Waals surface area contributed by atoms with E-state index in [0.29, 0.717) is 0 Å². The van der Waals surface area contributed by atoms with Crippen molar-refractivity contribution in [3.8, 4) is 0 Å². The number of hydrogen-bond donors (Lipinski definition) is 1. The summed E-state index contributed by atoms with van der Waals surface area (Å²) in [4.78, 5) is 22.7. The second-order valence-corrected chi connectivity index (χ2v) is 4.76. The molecule has 0 aromatic heterocycles. The maximum atomic E-state index is 11.4. The highest BCUT2D eigenvalue weighted by atomic mass is 16.6. The van der Waals surface area contributed by atoms with E-state index in [2.05, 4.69) is 5.32 Å². The van der Waals surface area contributed by atoms with Gasteiger partial charge >= 0.3 is 6.09 Å². The van der Waals surface area contributed by atoms with Gasteiger partial charge in [0.05, 0.1) is 6.54 Å². The maximum Gasteiger partial charge on any atom is 0.407 e. The molecule has 0 saturated heterocycles. The first-order valence-corrected chi connectivity index (χ1v) is 6.23. The topological polar surface area (TPSA) is 55.4 Å². The Morgan fingerprint density at radius 1 is 1.06 bits per heavy atom. The quantitative estimate of drug-likeness (QED) is 0.796. The molecule has 0 unspecified atom stereocenters. The molecule has 90 valence electrons. The van der Waals surface area contributed by atoms with E-state index < -0.39 is 6.09 Å². The predicted molar refractivity (Wildman–Crippen MR) is 59.1 cm³/mol. The van der Waals surface area contributed by atoms with Crippen LogP contribution in [0.5, 0.6) is 0 Å². The molecular formula is C12H19NO3. The standard InChI is InChI=1S/C12H19NO3/c14-11(9-6-7-9)8-13-12(15)16-10-4-2-1-3-5-10/h9-10H,1-8H2,(H,13,15). The monoisotopic (exact) mass is 225 g/mol. The van der Waals surface area contributed by atoms with E-state index >= 15 is 0 Å². The molecule has 2 aliphatic rings. The van der Waals surface area contributed by atoms with Gasteiger partial charge in [-0.2, -0.15) is 0 Å². The van der Waals surface area contributed by atoms with Gasteiger partial charge in [0.1, 0.15) is 6.10 Å². The summed E-state index contributed by atoms with van der Waals surface area (Å²) in [5.41, 5.74) is 0. The molecule has 2 rings (SSSR count). The number of nitrogens with one attached hydrogen (secondary N) is 1. The average molecular weight is 225 g/mol. The number of amides is 1. The lowest BCUT2D eigenvalue weighted by atomic mass is 9.98. The molecule has 0 aliphatic heterocycles. The minimum Gasteiger partial charge on any atom is -0.446 e. The second kappa shape index (κ2) is 5.32. The van der Waals surface area contributed by atoms with Crippen molar-refractivity contribution in [1.29, 1.82) is 0 Å². The maximum absolute atomic E-state index is 11.4. The molecular weight excluding hydrogens is 206 g/mol. The summed E-state index contributed by atoms with van der Waals surface area (Å²) in [6.07, 6.45) is 7.04. The molecule has 0 bridgehead atoms. The third kappa shape index (κ3) is 3.51. The van der Waals surface area contributed by atoms with Crippen molar-refractivity contribution >= 4 is 11.9 Å². The van der Waals surface area contributed by atoms with Crippen LogP contribution in [0.25, 0.3) is 0 Å². The van der Waals surface area contributed by atoms with Crippen LogP contribution in [-0.4, -0.2) is 24.5 Å². The zero-order chi connectivity index (χ0) is 11.4. The first-order valence-electron chi connectivity index (χ1n) is 6.23. The van der Waals surface area contributed by atoms with Crippen molar-refractivity contribution in [1.82, 2.24) is 5.32 Å². The van der Waals surface area contributed by atoms with Crippen molar-refractivity contribution in [2.45, 2.75) is 51.0 Å². The zero-order valence-corrected chi connectivity index (χ0v) is 9.54. The first-order chi connectivity index (χ1) is 7.75. The van der Waals surface area contributed by atoms with Crippen molar-refractivity contribution in [3.63, 3.8) is 0 Å². The molecule has 2 saturated carbocycles. The third-order valence-corrected chi connectivity index (χ3v) is 3.27. The van der Waals surface area contributed by atoms with Gasteiger partial charge in [-0.25, -0.2) is 4.79 Å². The second-order valence-electron chi connectivity index (χ2n) is 4.76. The van der Waals surface area contributed by atoms with Crippen molar-refractivity contribution < 1.29 is 14.3 Å². The summed E-state index contributed by atoms with van der Waals surface area (Å²) < 4.78 is 5.24. The molecule has 4 heteroatoms. The van der Waals surface area contributed by atoms with Gasteiger partial charge in [0.25, 0.3) is 0 Å². The summed E-state index contributed by atoms with van der Waals surface area (Å²) in [5, 5.41) is 2.54. The van der Waals surface area contributed by atoms with E-state index in [1.165, 1.54) is 6.42 Å². The fraction of sp³-hybridized carbons (Fsp3) is 0.833. The number of ketones is 1. The van der Waals surface area contributed by atoms with Crippen molar-refractivity contribution in [2.75, 3.05) is 6.54 Å². The van der Waals surface area contributed by atoms with E-state index in [1.54, 1.807) is 0 Å². The fourth-order valence-electron chi connectivity index (χ4n) is 2.08.